The van der Waals surface area contributed by atoms with Crippen LogP contribution < -0.4 is 3.58 Å². The normalized spacial score (nSPS) is 10.1. The molecule has 0 bridgehead atoms. The van der Waals surface area contributed by atoms with Crippen molar-refractivity contribution in [3.8, 4) is 0 Å². The molecule has 0 aliphatic carbocycles. The van der Waals surface area contributed by atoms with Gasteiger partial charge < -0.3 is 4.90 Å². The average Bonchev–Trinajstić information content (AvgIpc) is 2.52. The van der Waals surface area contributed by atoms with E-state index in [1.165, 1.54) is 31.5 Å². The van der Waals surface area contributed by atoms with Gasteiger partial charge in [0.1, 0.15) is 0 Å². The van der Waals surface area contributed by atoms with Gasteiger partial charge in [-0.15, -0.1) is 0 Å². The molecule has 1 heterocycles. The van der Waals surface area contributed by atoms with Gasteiger partial charge in [-0.2, -0.15) is 0 Å². The van der Waals surface area contributed by atoms with E-state index in [1.54, 1.807) is 0 Å². The molecule has 3 radical (unpaired) electrons. The first kappa shape index (κ1) is 11.5. The second kappa shape index (κ2) is 5.36. The first-order valence-corrected chi connectivity index (χ1v) is 5.78. The van der Waals surface area contributed by atoms with E-state index in [2.05, 4.69) is 16.3 Å². The molecule has 4 heteroatoms. The number of nitrogens with zero attached hydrogens (tertiary/aromatic N) is 2. The second-order valence-electron chi connectivity index (χ2n) is 3.48. The van der Waals surface area contributed by atoms with Crippen molar-refractivity contribution in [2.24, 2.45) is 0 Å². The summed E-state index contributed by atoms with van der Waals surface area (Å²) < 4.78 is 1.36. The van der Waals surface area contributed by atoms with Crippen molar-refractivity contribution < 1.29 is 0 Å². The summed E-state index contributed by atoms with van der Waals surface area (Å²) in [5, 5.41) is 8.13. The van der Waals surface area contributed by atoms with Crippen LogP contribution in [0, 0.1) is 0 Å². The molecule has 1 aromatic heterocycles. The molecule has 0 aliphatic heterocycles. The van der Waals surface area contributed by atoms with Crippen LogP contribution in [0.2, 0.25) is 0 Å². The van der Waals surface area contributed by atoms with Crippen molar-refractivity contribution in [3.63, 3.8) is 0 Å². The van der Waals surface area contributed by atoms with Gasteiger partial charge >= 0.3 is 71.6 Å². The molecule has 73 valence electrons. The fourth-order valence-electron chi connectivity index (χ4n) is 0.968. The van der Waals surface area contributed by atoms with Gasteiger partial charge in [0.05, 0.1) is 0 Å². The summed E-state index contributed by atoms with van der Waals surface area (Å²) in [5.74, 6) is 0. The Morgan fingerprint density at radius 2 is 1.93 bits per heavy atom. The minimum absolute atomic E-state index is 1.13. The van der Waals surface area contributed by atoms with Crippen LogP contribution in [0.25, 0.3) is 10.9 Å². The minimum atomic E-state index is 1.13. The van der Waals surface area contributed by atoms with E-state index in [1.807, 2.05) is 44.4 Å². The molecule has 0 unspecified atom stereocenters. The summed E-state index contributed by atoms with van der Waals surface area (Å²) >= 11 is 1.44. The van der Waals surface area contributed by atoms with Gasteiger partial charge in [-0.05, 0) is 21.1 Å². The Morgan fingerprint density at radius 1 is 1.29 bits per heavy atom. The molecular weight excluding hydrogens is 281 g/mol. The zero-order valence-electron chi connectivity index (χ0n) is 8.70. The van der Waals surface area contributed by atoms with E-state index in [0.717, 1.165) is 5.52 Å². The molecule has 1 aromatic carbocycles. The van der Waals surface area contributed by atoms with E-state index >= 15 is 0 Å². The zero-order valence-corrected chi connectivity index (χ0v) is 11.6. The van der Waals surface area contributed by atoms with Gasteiger partial charge in [-0.3, -0.25) is 0 Å². The SMILES string of the molecule is CN(C)C.[Sn][c]1cccc2[nH]ncc12. The topological polar surface area (TPSA) is 31.9 Å². The quantitative estimate of drug-likeness (QED) is 0.719. The van der Waals surface area contributed by atoms with Crippen molar-refractivity contribution in [1.82, 2.24) is 15.1 Å². The number of benzene rings is 1. The predicted octanol–water partition coefficient (Wildman–Crippen LogP) is 0.534. The Kier molecular flexibility index (Phi) is 4.41. The van der Waals surface area contributed by atoms with E-state index in [-0.39, 0.29) is 0 Å². The van der Waals surface area contributed by atoms with Crippen LogP contribution in [0.1, 0.15) is 0 Å². The summed E-state index contributed by atoms with van der Waals surface area (Å²) in [6.07, 6.45) is 1.87. The number of aromatic nitrogens is 2. The van der Waals surface area contributed by atoms with Gasteiger partial charge in [0, 0.05) is 0 Å². The maximum absolute atomic E-state index is 3.95. The predicted molar refractivity (Wildman–Crippen MR) is 61.1 cm³/mol. The molecule has 0 atom stereocenters. The van der Waals surface area contributed by atoms with Crippen LogP contribution in [0.5, 0.6) is 0 Å². The average molecular weight is 295 g/mol. The van der Waals surface area contributed by atoms with Crippen LogP contribution >= 0.6 is 0 Å². The first-order valence-electron chi connectivity index (χ1n) is 4.36. The van der Waals surface area contributed by atoms with Crippen LogP contribution in [-0.4, -0.2) is 58.8 Å². The molecule has 0 fully saturated rings. The van der Waals surface area contributed by atoms with E-state index in [4.69, 9.17) is 0 Å². The Bertz CT molecular complexity index is 392. The second-order valence-corrected chi connectivity index (χ2v) is 5.02. The van der Waals surface area contributed by atoms with Crippen molar-refractivity contribution in [2.45, 2.75) is 0 Å². The zero-order chi connectivity index (χ0) is 10.6. The summed E-state index contributed by atoms with van der Waals surface area (Å²) in [6.45, 7) is 0. The number of hydrogen-bond acceptors (Lipinski definition) is 2. The Hall–Kier alpha value is -0.551. The Balaban J connectivity index is 0.000000213. The molecular formula is C10H14N3Sn. The third-order valence-corrected chi connectivity index (χ3v) is 2.73. The van der Waals surface area contributed by atoms with Crippen molar-refractivity contribution in [3.05, 3.63) is 24.4 Å². The molecule has 2 rings (SSSR count). The van der Waals surface area contributed by atoms with Crippen LogP contribution in [-0.2, 0) is 0 Å². The molecule has 0 amide bonds. The molecule has 14 heavy (non-hydrogen) atoms. The van der Waals surface area contributed by atoms with Gasteiger partial charge in [0.15, 0.2) is 0 Å². The fourth-order valence-corrected chi connectivity index (χ4v) is 1.81. The third kappa shape index (κ3) is 3.30. The molecule has 2 aromatic rings. The van der Waals surface area contributed by atoms with E-state index < -0.39 is 0 Å². The number of nitrogens with one attached hydrogen (secondary N) is 1. The third-order valence-electron chi connectivity index (χ3n) is 1.48. The monoisotopic (exact) mass is 296 g/mol. The maximum atomic E-state index is 3.95. The number of hydrogen-bond donors (Lipinski definition) is 1. The first-order chi connectivity index (χ1) is 6.61. The molecule has 0 saturated heterocycles. The Morgan fingerprint density at radius 3 is 2.50 bits per heavy atom. The van der Waals surface area contributed by atoms with Gasteiger partial charge in [0.2, 0.25) is 0 Å². The number of aromatic amines is 1. The van der Waals surface area contributed by atoms with E-state index in [9.17, 15) is 0 Å². The molecule has 0 spiro atoms. The number of H-pyrrole nitrogens is 1. The molecule has 1 N–H and O–H groups in total. The molecule has 0 aliphatic rings. The fraction of sp³-hybridized carbons (Fsp3) is 0.300. The van der Waals surface area contributed by atoms with Gasteiger partial charge in [-0.1, -0.05) is 0 Å². The van der Waals surface area contributed by atoms with Gasteiger partial charge in [0.25, 0.3) is 0 Å². The Labute approximate surface area is 97.6 Å². The van der Waals surface area contributed by atoms with Crippen molar-refractivity contribution in [1.29, 1.82) is 0 Å². The van der Waals surface area contributed by atoms with Gasteiger partial charge in [-0.25, -0.2) is 0 Å². The summed E-state index contributed by atoms with van der Waals surface area (Å²) in [5.41, 5.74) is 1.13. The standard InChI is InChI=1S/C7H5N2.C3H9N.Sn/c1-2-4-7-6(3-1)5-8-9-7;1-4(2)3;/h1-2,4-5H,(H,8,9);1-3H3;. The molecule has 3 nitrogen and oxygen atoms in total. The summed E-state index contributed by atoms with van der Waals surface area (Å²) in [4.78, 5) is 2.00. The molecule has 0 saturated carbocycles. The van der Waals surface area contributed by atoms with Crippen LogP contribution in [0.15, 0.2) is 24.4 Å². The number of rotatable bonds is 0. The number of fused-ring (bicyclic) bond motifs is 1. The van der Waals surface area contributed by atoms with Crippen LogP contribution in [0.4, 0.5) is 0 Å². The van der Waals surface area contributed by atoms with Crippen molar-refractivity contribution >= 4 is 37.0 Å². The van der Waals surface area contributed by atoms with Crippen LogP contribution in [0.3, 0.4) is 0 Å². The summed E-state index contributed by atoms with van der Waals surface area (Å²) in [6, 6.07) is 6.20. The van der Waals surface area contributed by atoms with E-state index in [0.29, 0.717) is 0 Å². The summed E-state index contributed by atoms with van der Waals surface area (Å²) in [7, 11) is 6.00. The van der Waals surface area contributed by atoms with Crippen molar-refractivity contribution in [2.75, 3.05) is 21.1 Å².